The van der Waals surface area contributed by atoms with Gasteiger partial charge in [-0.2, -0.15) is 4.98 Å². The van der Waals surface area contributed by atoms with Crippen molar-refractivity contribution in [3.8, 4) is 0 Å². The van der Waals surface area contributed by atoms with Crippen molar-refractivity contribution in [1.29, 1.82) is 0 Å². The van der Waals surface area contributed by atoms with Gasteiger partial charge < -0.3 is 10.3 Å². The number of hydrogen-bond donors (Lipinski definition) is 2. The molecule has 3 aromatic rings. The maximum Gasteiger partial charge on any atom is 0.322 e. The minimum atomic E-state index is -1.27. The lowest BCUT2D eigenvalue weighted by Gasteiger charge is -2.08. The number of fused-ring (bicyclic) bond motifs is 1. The van der Waals surface area contributed by atoms with Crippen LogP contribution in [0.15, 0.2) is 41.6 Å². The molecule has 0 aliphatic rings. The van der Waals surface area contributed by atoms with E-state index in [1.54, 1.807) is 0 Å². The number of nitrogens with zero attached hydrogens (tertiary/aromatic N) is 2. The summed E-state index contributed by atoms with van der Waals surface area (Å²) in [5.41, 5.74) is 9.29. The van der Waals surface area contributed by atoms with Crippen LogP contribution in [0.1, 0.15) is 18.2 Å². The third-order valence-electron chi connectivity index (χ3n) is 3.31. The number of imidazole rings is 1. The molecular weight excluding hydrogens is 284 g/mol. The molecule has 0 spiro atoms. The van der Waals surface area contributed by atoms with Gasteiger partial charge in [-0.3, -0.25) is 4.98 Å². The van der Waals surface area contributed by atoms with E-state index in [0.717, 1.165) is 23.0 Å². The predicted molar refractivity (Wildman–Crippen MR) is 84.2 cm³/mol. The molecule has 3 rings (SSSR count). The van der Waals surface area contributed by atoms with Crippen molar-refractivity contribution in [1.82, 2.24) is 15.0 Å². The Morgan fingerprint density at radius 3 is 2.71 bits per heavy atom. The van der Waals surface area contributed by atoms with Gasteiger partial charge in [-0.15, -0.1) is 0 Å². The highest BCUT2D eigenvalue weighted by atomic mass is 32.2. The number of aryl methyl sites for hydroxylation is 1. The van der Waals surface area contributed by atoms with Gasteiger partial charge in [0.25, 0.3) is 0 Å². The van der Waals surface area contributed by atoms with Crippen LogP contribution in [0.3, 0.4) is 0 Å². The number of hydrogen-bond acceptors (Lipinski definition) is 4. The first kappa shape index (κ1) is 13.9. The van der Waals surface area contributed by atoms with Crippen LogP contribution in [0, 0.1) is 0 Å². The second kappa shape index (κ2) is 5.75. The SMILES string of the molecule is CCc1ccc(C[S+]([O-])c2nc3ccccc3[nH]2)nc1N. The van der Waals surface area contributed by atoms with Crippen LogP contribution in [-0.4, -0.2) is 19.5 Å². The summed E-state index contributed by atoms with van der Waals surface area (Å²) in [6.07, 6.45) is 0.839. The number of nitrogen functional groups attached to an aromatic ring is 1. The molecule has 0 aliphatic carbocycles. The van der Waals surface area contributed by atoms with E-state index in [1.165, 1.54) is 0 Å². The van der Waals surface area contributed by atoms with Crippen molar-refractivity contribution in [3.05, 3.63) is 47.7 Å². The third-order valence-corrected chi connectivity index (χ3v) is 4.50. The van der Waals surface area contributed by atoms with Crippen LogP contribution in [-0.2, 0) is 23.3 Å². The molecule has 0 radical (unpaired) electrons. The number of para-hydroxylation sites is 2. The fourth-order valence-corrected chi connectivity index (χ4v) is 3.16. The van der Waals surface area contributed by atoms with Crippen molar-refractivity contribution in [2.75, 3.05) is 5.73 Å². The number of benzene rings is 1. The maximum atomic E-state index is 12.4. The van der Waals surface area contributed by atoms with Gasteiger partial charge in [-0.1, -0.05) is 25.1 Å². The number of nitrogens with two attached hydrogens (primary N) is 1. The van der Waals surface area contributed by atoms with E-state index in [0.29, 0.717) is 22.4 Å². The summed E-state index contributed by atoms with van der Waals surface area (Å²) in [6, 6.07) is 11.4. The number of aromatic amines is 1. The van der Waals surface area contributed by atoms with Gasteiger partial charge in [0, 0.05) is 11.2 Å². The fraction of sp³-hybridized carbons (Fsp3) is 0.200. The molecule has 6 heteroatoms. The van der Waals surface area contributed by atoms with Gasteiger partial charge in [0.1, 0.15) is 5.82 Å². The van der Waals surface area contributed by atoms with Crippen LogP contribution < -0.4 is 5.73 Å². The quantitative estimate of drug-likeness (QED) is 0.724. The molecule has 0 aliphatic heterocycles. The Labute approximate surface area is 125 Å². The standard InChI is InChI=1S/C15H16N4OS/c1-2-10-7-8-11(17-14(10)16)9-21(20)15-18-12-5-3-4-6-13(12)19-15/h3-8H,2,9H2,1H3,(H2,16,17)(H,18,19). The van der Waals surface area contributed by atoms with E-state index in [2.05, 4.69) is 15.0 Å². The van der Waals surface area contributed by atoms with E-state index in [4.69, 9.17) is 5.73 Å². The summed E-state index contributed by atoms with van der Waals surface area (Å²) >= 11 is -1.27. The molecule has 0 fully saturated rings. The highest BCUT2D eigenvalue weighted by Gasteiger charge is 2.18. The first-order valence-electron chi connectivity index (χ1n) is 6.74. The predicted octanol–water partition coefficient (Wildman–Crippen LogP) is 2.41. The van der Waals surface area contributed by atoms with Gasteiger partial charge in [0.15, 0.2) is 5.75 Å². The summed E-state index contributed by atoms with van der Waals surface area (Å²) < 4.78 is 12.4. The lowest BCUT2D eigenvalue weighted by atomic mass is 10.2. The molecule has 0 saturated heterocycles. The summed E-state index contributed by atoms with van der Waals surface area (Å²) in [6.45, 7) is 2.03. The number of H-pyrrole nitrogens is 1. The first-order valence-corrected chi connectivity index (χ1v) is 8.06. The Hall–Kier alpha value is -2.05. The average Bonchev–Trinajstić information content (AvgIpc) is 2.91. The molecule has 108 valence electrons. The molecule has 21 heavy (non-hydrogen) atoms. The Bertz CT molecular complexity index is 738. The Morgan fingerprint density at radius 1 is 1.19 bits per heavy atom. The van der Waals surface area contributed by atoms with Crippen molar-refractivity contribution in [2.45, 2.75) is 24.3 Å². The molecule has 1 atom stereocenters. The van der Waals surface area contributed by atoms with Crippen molar-refractivity contribution in [2.24, 2.45) is 0 Å². The van der Waals surface area contributed by atoms with Gasteiger partial charge in [0.05, 0.1) is 16.7 Å². The van der Waals surface area contributed by atoms with Crippen molar-refractivity contribution in [3.63, 3.8) is 0 Å². The van der Waals surface area contributed by atoms with Crippen molar-refractivity contribution >= 4 is 28.0 Å². The number of nitrogens with one attached hydrogen (secondary N) is 1. The zero-order valence-corrected chi connectivity index (χ0v) is 12.5. The van der Waals surface area contributed by atoms with Gasteiger partial charge >= 0.3 is 5.16 Å². The maximum absolute atomic E-state index is 12.4. The van der Waals surface area contributed by atoms with Gasteiger partial charge in [-0.05, 0) is 30.2 Å². The number of rotatable bonds is 4. The van der Waals surface area contributed by atoms with Crippen LogP contribution in [0.4, 0.5) is 5.82 Å². The van der Waals surface area contributed by atoms with Gasteiger partial charge in [-0.25, -0.2) is 4.98 Å². The van der Waals surface area contributed by atoms with Crippen LogP contribution in [0.2, 0.25) is 0 Å². The normalized spacial score (nSPS) is 12.7. The molecule has 2 aromatic heterocycles. The zero-order chi connectivity index (χ0) is 14.8. The summed E-state index contributed by atoms with van der Waals surface area (Å²) in [5, 5.41) is 0.469. The second-order valence-corrected chi connectivity index (χ2v) is 6.12. The molecule has 1 aromatic carbocycles. The monoisotopic (exact) mass is 300 g/mol. The fourth-order valence-electron chi connectivity index (χ4n) is 2.17. The minimum absolute atomic E-state index is 0.300. The van der Waals surface area contributed by atoms with Gasteiger partial charge in [0.2, 0.25) is 0 Å². The summed E-state index contributed by atoms with van der Waals surface area (Å²) in [7, 11) is 0. The second-order valence-electron chi connectivity index (χ2n) is 4.75. The smallest absolute Gasteiger partial charge is 0.322 e. The lowest BCUT2D eigenvalue weighted by Crippen LogP contribution is -2.09. The Morgan fingerprint density at radius 2 is 2.00 bits per heavy atom. The van der Waals surface area contributed by atoms with Crippen LogP contribution >= 0.6 is 0 Å². The highest BCUT2D eigenvalue weighted by molar-refractivity contribution is 7.90. The third kappa shape index (κ3) is 2.86. The summed E-state index contributed by atoms with van der Waals surface area (Å²) in [4.78, 5) is 11.7. The first-order chi connectivity index (χ1) is 10.2. The van der Waals surface area contributed by atoms with E-state index >= 15 is 0 Å². The number of pyridine rings is 1. The van der Waals surface area contributed by atoms with Crippen LogP contribution in [0.5, 0.6) is 0 Å². The van der Waals surface area contributed by atoms with E-state index in [1.807, 2.05) is 43.3 Å². The Kier molecular flexibility index (Phi) is 3.81. The lowest BCUT2D eigenvalue weighted by molar-refractivity contribution is 0.587. The minimum Gasteiger partial charge on any atom is -0.609 e. The number of aromatic nitrogens is 3. The Balaban J connectivity index is 1.82. The largest absolute Gasteiger partial charge is 0.609 e. The molecule has 2 heterocycles. The topological polar surface area (TPSA) is 90.6 Å². The molecule has 0 amide bonds. The average molecular weight is 300 g/mol. The highest BCUT2D eigenvalue weighted by Crippen LogP contribution is 2.19. The molecule has 1 unspecified atom stereocenters. The van der Waals surface area contributed by atoms with E-state index in [9.17, 15) is 4.55 Å². The molecule has 0 bridgehead atoms. The molecule has 0 saturated carbocycles. The van der Waals surface area contributed by atoms with E-state index in [-0.39, 0.29) is 0 Å². The van der Waals surface area contributed by atoms with Crippen molar-refractivity contribution < 1.29 is 4.55 Å². The van der Waals surface area contributed by atoms with Crippen LogP contribution in [0.25, 0.3) is 11.0 Å². The zero-order valence-electron chi connectivity index (χ0n) is 11.7. The summed E-state index contributed by atoms with van der Waals surface area (Å²) in [5.74, 6) is 0.810. The molecule has 5 nitrogen and oxygen atoms in total. The molecule has 3 N–H and O–H groups in total. The molecular formula is C15H16N4OS. The number of anilines is 1. The van der Waals surface area contributed by atoms with E-state index < -0.39 is 11.2 Å².